The van der Waals surface area contributed by atoms with E-state index in [9.17, 15) is 14.0 Å². The third-order valence-electron chi connectivity index (χ3n) is 4.78. The van der Waals surface area contributed by atoms with Crippen molar-refractivity contribution < 1.29 is 14.0 Å². The van der Waals surface area contributed by atoms with Crippen molar-refractivity contribution in [1.82, 2.24) is 29.7 Å². The standard InChI is InChI=1S/C19H25FN6O2/c1-23(2)18(27)14-26-13-17(21-22-26)19(28)25-9-5-8-24(10-11-25)12-15-6-3-4-7-16(15)20/h3-4,6-7,13H,5,8-12,14H2,1-2H3. The summed E-state index contributed by atoms with van der Waals surface area (Å²) in [6.07, 6.45) is 2.30. The van der Waals surface area contributed by atoms with Gasteiger partial charge < -0.3 is 9.80 Å². The Labute approximate surface area is 163 Å². The quantitative estimate of drug-likeness (QED) is 0.759. The normalized spacial score (nSPS) is 15.3. The largest absolute Gasteiger partial charge is 0.347 e. The molecule has 2 aromatic rings. The molecular weight excluding hydrogens is 363 g/mol. The van der Waals surface area contributed by atoms with Crippen LogP contribution in [0.2, 0.25) is 0 Å². The van der Waals surface area contributed by atoms with Crippen LogP contribution in [0.1, 0.15) is 22.5 Å². The van der Waals surface area contributed by atoms with E-state index in [1.807, 2.05) is 6.07 Å². The lowest BCUT2D eigenvalue weighted by Gasteiger charge is -2.21. The third kappa shape index (κ3) is 4.92. The molecule has 0 bridgehead atoms. The van der Waals surface area contributed by atoms with Gasteiger partial charge in [0, 0.05) is 52.4 Å². The van der Waals surface area contributed by atoms with E-state index in [1.165, 1.54) is 21.8 Å². The van der Waals surface area contributed by atoms with E-state index >= 15 is 0 Å². The molecule has 9 heteroatoms. The number of carbonyl (C=O) groups is 2. The number of amides is 2. The van der Waals surface area contributed by atoms with Gasteiger partial charge in [0.1, 0.15) is 12.4 Å². The summed E-state index contributed by atoms with van der Waals surface area (Å²) in [6.45, 7) is 3.17. The average molecular weight is 388 g/mol. The number of benzene rings is 1. The monoisotopic (exact) mass is 388 g/mol. The van der Waals surface area contributed by atoms with Gasteiger partial charge in [-0.05, 0) is 12.5 Å². The highest BCUT2D eigenvalue weighted by Gasteiger charge is 2.23. The molecule has 2 amide bonds. The molecule has 0 spiro atoms. The van der Waals surface area contributed by atoms with Gasteiger partial charge in [0.05, 0.1) is 6.20 Å². The maximum absolute atomic E-state index is 13.9. The lowest BCUT2D eigenvalue weighted by Crippen LogP contribution is -2.35. The summed E-state index contributed by atoms with van der Waals surface area (Å²) in [5.74, 6) is -0.526. The average Bonchev–Trinajstić information content (AvgIpc) is 3.01. The smallest absolute Gasteiger partial charge is 0.276 e. The molecule has 150 valence electrons. The molecule has 1 aliphatic heterocycles. The van der Waals surface area contributed by atoms with Crippen molar-refractivity contribution >= 4 is 11.8 Å². The predicted octanol–water partition coefficient (Wildman–Crippen LogP) is 0.853. The Balaban J connectivity index is 1.58. The van der Waals surface area contributed by atoms with Crippen molar-refractivity contribution in [2.24, 2.45) is 0 Å². The number of halogens is 1. The van der Waals surface area contributed by atoms with Gasteiger partial charge in [0.25, 0.3) is 5.91 Å². The zero-order valence-corrected chi connectivity index (χ0v) is 16.2. The van der Waals surface area contributed by atoms with Gasteiger partial charge in [0.2, 0.25) is 5.91 Å². The van der Waals surface area contributed by atoms with E-state index in [2.05, 4.69) is 15.2 Å². The summed E-state index contributed by atoms with van der Waals surface area (Å²) < 4.78 is 15.3. The van der Waals surface area contributed by atoms with Crippen LogP contribution in [0.15, 0.2) is 30.5 Å². The van der Waals surface area contributed by atoms with Gasteiger partial charge >= 0.3 is 0 Å². The Morgan fingerprint density at radius 3 is 2.68 bits per heavy atom. The minimum absolute atomic E-state index is 0.0453. The first-order chi connectivity index (χ1) is 13.4. The molecule has 1 aromatic heterocycles. The van der Waals surface area contributed by atoms with Crippen LogP contribution in [0, 0.1) is 5.82 Å². The second-order valence-electron chi connectivity index (χ2n) is 7.10. The highest BCUT2D eigenvalue weighted by atomic mass is 19.1. The minimum atomic E-state index is -0.205. The topological polar surface area (TPSA) is 74.6 Å². The van der Waals surface area contributed by atoms with Gasteiger partial charge in [-0.2, -0.15) is 0 Å². The maximum Gasteiger partial charge on any atom is 0.276 e. The highest BCUT2D eigenvalue weighted by molar-refractivity contribution is 5.92. The van der Waals surface area contributed by atoms with E-state index in [-0.39, 0.29) is 29.9 Å². The molecule has 1 aromatic carbocycles. The Hall–Kier alpha value is -2.81. The number of carbonyl (C=O) groups excluding carboxylic acids is 2. The van der Waals surface area contributed by atoms with Crippen LogP contribution in [0.3, 0.4) is 0 Å². The van der Waals surface area contributed by atoms with Crippen molar-refractivity contribution in [2.45, 2.75) is 19.5 Å². The lowest BCUT2D eigenvalue weighted by molar-refractivity contribution is -0.129. The zero-order valence-electron chi connectivity index (χ0n) is 16.2. The lowest BCUT2D eigenvalue weighted by atomic mass is 10.2. The van der Waals surface area contributed by atoms with Gasteiger partial charge in [-0.25, -0.2) is 9.07 Å². The van der Waals surface area contributed by atoms with Crippen molar-refractivity contribution in [2.75, 3.05) is 40.3 Å². The summed E-state index contributed by atoms with van der Waals surface area (Å²) in [5.41, 5.74) is 0.893. The van der Waals surface area contributed by atoms with Crippen LogP contribution in [0.5, 0.6) is 0 Å². The van der Waals surface area contributed by atoms with Crippen LogP contribution >= 0.6 is 0 Å². The summed E-state index contributed by atoms with van der Waals surface area (Å²) in [7, 11) is 3.32. The molecule has 28 heavy (non-hydrogen) atoms. The number of hydrogen-bond donors (Lipinski definition) is 0. The number of likely N-dealkylation sites (N-methyl/N-ethyl adjacent to an activating group) is 1. The van der Waals surface area contributed by atoms with Gasteiger partial charge in [0.15, 0.2) is 5.69 Å². The van der Waals surface area contributed by atoms with Crippen molar-refractivity contribution in [1.29, 1.82) is 0 Å². The summed E-state index contributed by atoms with van der Waals surface area (Å²) in [4.78, 5) is 29.9. The maximum atomic E-state index is 13.9. The summed E-state index contributed by atoms with van der Waals surface area (Å²) >= 11 is 0. The van der Waals surface area contributed by atoms with E-state index in [0.717, 1.165) is 13.0 Å². The van der Waals surface area contributed by atoms with Crippen LogP contribution in [0.4, 0.5) is 4.39 Å². The zero-order chi connectivity index (χ0) is 20.1. The SMILES string of the molecule is CN(C)C(=O)Cn1cc(C(=O)N2CCCN(Cc3ccccc3F)CC2)nn1. The molecule has 1 aliphatic rings. The third-order valence-corrected chi connectivity index (χ3v) is 4.78. The van der Waals surface area contributed by atoms with Crippen molar-refractivity contribution in [3.63, 3.8) is 0 Å². The minimum Gasteiger partial charge on any atom is -0.347 e. The molecular formula is C19H25FN6O2. The van der Waals surface area contributed by atoms with E-state index in [1.54, 1.807) is 31.1 Å². The molecule has 3 rings (SSSR count). The molecule has 0 aliphatic carbocycles. The fourth-order valence-corrected chi connectivity index (χ4v) is 3.12. The molecule has 8 nitrogen and oxygen atoms in total. The van der Waals surface area contributed by atoms with Gasteiger partial charge in [-0.15, -0.1) is 5.10 Å². The first-order valence-electron chi connectivity index (χ1n) is 9.29. The van der Waals surface area contributed by atoms with Crippen LogP contribution in [-0.2, 0) is 17.9 Å². The fraction of sp³-hybridized carbons (Fsp3) is 0.474. The molecule has 0 unspecified atom stereocenters. The molecule has 0 radical (unpaired) electrons. The Bertz CT molecular complexity index is 837. The first-order valence-corrected chi connectivity index (χ1v) is 9.29. The molecule has 1 fully saturated rings. The van der Waals surface area contributed by atoms with Crippen molar-refractivity contribution in [3.8, 4) is 0 Å². The van der Waals surface area contributed by atoms with Crippen LogP contribution in [0.25, 0.3) is 0 Å². The summed E-state index contributed by atoms with van der Waals surface area (Å²) in [5, 5.41) is 7.80. The number of nitrogens with zero attached hydrogens (tertiary/aromatic N) is 6. The highest BCUT2D eigenvalue weighted by Crippen LogP contribution is 2.13. The van der Waals surface area contributed by atoms with Gasteiger partial charge in [-0.1, -0.05) is 23.4 Å². The predicted molar refractivity (Wildman–Crippen MR) is 101 cm³/mol. The second-order valence-corrected chi connectivity index (χ2v) is 7.10. The van der Waals surface area contributed by atoms with Crippen LogP contribution in [-0.4, -0.2) is 81.8 Å². The molecule has 0 N–H and O–H groups in total. The molecule has 2 heterocycles. The fourth-order valence-electron chi connectivity index (χ4n) is 3.12. The van der Waals surface area contributed by atoms with Crippen LogP contribution < -0.4 is 0 Å². The Kier molecular flexibility index (Phi) is 6.35. The summed E-state index contributed by atoms with van der Waals surface area (Å²) in [6, 6.07) is 6.77. The number of aromatic nitrogens is 3. The van der Waals surface area contributed by atoms with E-state index < -0.39 is 0 Å². The first kappa shape index (κ1) is 19.9. The van der Waals surface area contributed by atoms with Crippen molar-refractivity contribution in [3.05, 3.63) is 47.5 Å². The number of rotatable bonds is 5. The van der Waals surface area contributed by atoms with Gasteiger partial charge in [-0.3, -0.25) is 14.5 Å². The number of hydrogen-bond acceptors (Lipinski definition) is 5. The molecule has 1 saturated heterocycles. The second kappa shape index (κ2) is 8.92. The van der Waals surface area contributed by atoms with E-state index in [4.69, 9.17) is 0 Å². The Morgan fingerprint density at radius 1 is 1.14 bits per heavy atom. The Morgan fingerprint density at radius 2 is 1.93 bits per heavy atom. The molecule has 0 saturated carbocycles. The van der Waals surface area contributed by atoms with E-state index in [0.29, 0.717) is 31.7 Å². The molecule has 0 atom stereocenters.